The molecule has 0 bridgehead atoms. The maximum Gasteiger partial charge on any atom is 0.329 e. The standard InChI is InChI=1S/C24H29NO4/c1-14(2)21(25-23(27)19-10-8-7-9-11-19)24(28)29-18(6)22(26)20-13-16(4)15(3)12-17(20)5/h7-14,18,21H,1-6H3,(H,25,27)/t18?,21-/m0/s1. The lowest BCUT2D eigenvalue weighted by Gasteiger charge is -2.23. The van der Waals surface area contributed by atoms with E-state index in [-0.39, 0.29) is 17.6 Å². The lowest BCUT2D eigenvalue weighted by Crippen LogP contribution is -2.46. The molecule has 2 atom stereocenters. The molecule has 5 nitrogen and oxygen atoms in total. The van der Waals surface area contributed by atoms with Crippen molar-refractivity contribution in [2.45, 2.75) is 53.7 Å². The van der Waals surface area contributed by atoms with E-state index in [1.807, 2.05) is 52.8 Å². The quantitative estimate of drug-likeness (QED) is 0.564. The van der Waals surface area contributed by atoms with Crippen molar-refractivity contribution in [3.63, 3.8) is 0 Å². The van der Waals surface area contributed by atoms with E-state index in [0.717, 1.165) is 16.7 Å². The number of ether oxygens (including phenoxy) is 1. The first-order valence-corrected chi connectivity index (χ1v) is 9.80. The lowest BCUT2D eigenvalue weighted by atomic mass is 9.96. The van der Waals surface area contributed by atoms with Gasteiger partial charge in [-0.05, 0) is 68.5 Å². The number of hydrogen-bond acceptors (Lipinski definition) is 4. The van der Waals surface area contributed by atoms with Crippen LogP contribution in [0.3, 0.4) is 0 Å². The highest BCUT2D eigenvalue weighted by atomic mass is 16.5. The summed E-state index contributed by atoms with van der Waals surface area (Å²) in [5.41, 5.74) is 3.96. The topological polar surface area (TPSA) is 72.5 Å². The molecule has 0 saturated heterocycles. The zero-order valence-electron chi connectivity index (χ0n) is 17.9. The van der Waals surface area contributed by atoms with Gasteiger partial charge in [0.2, 0.25) is 5.78 Å². The highest BCUT2D eigenvalue weighted by Gasteiger charge is 2.30. The predicted molar refractivity (Wildman–Crippen MR) is 113 cm³/mol. The molecule has 154 valence electrons. The summed E-state index contributed by atoms with van der Waals surface area (Å²) in [5.74, 6) is -1.42. The summed E-state index contributed by atoms with van der Waals surface area (Å²) < 4.78 is 5.45. The second-order valence-electron chi connectivity index (χ2n) is 7.76. The van der Waals surface area contributed by atoms with Crippen LogP contribution in [-0.4, -0.2) is 29.8 Å². The van der Waals surface area contributed by atoms with Crippen molar-refractivity contribution in [2.75, 3.05) is 0 Å². The van der Waals surface area contributed by atoms with Crippen LogP contribution in [-0.2, 0) is 9.53 Å². The molecule has 0 heterocycles. The minimum absolute atomic E-state index is 0.194. The molecule has 0 fully saturated rings. The van der Waals surface area contributed by atoms with Crippen LogP contribution < -0.4 is 5.32 Å². The second-order valence-corrected chi connectivity index (χ2v) is 7.76. The summed E-state index contributed by atoms with van der Waals surface area (Å²) in [5, 5.41) is 2.72. The maximum atomic E-state index is 12.8. The van der Waals surface area contributed by atoms with Crippen LogP contribution in [0.2, 0.25) is 0 Å². The van der Waals surface area contributed by atoms with E-state index in [0.29, 0.717) is 11.1 Å². The van der Waals surface area contributed by atoms with Crippen molar-refractivity contribution in [3.05, 3.63) is 70.3 Å². The predicted octanol–water partition coefficient (Wildman–Crippen LogP) is 4.18. The summed E-state index contributed by atoms with van der Waals surface area (Å²) in [7, 11) is 0. The van der Waals surface area contributed by atoms with Crippen molar-refractivity contribution in [2.24, 2.45) is 5.92 Å². The molecule has 5 heteroatoms. The SMILES string of the molecule is Cc1cc(C)c(C(=O)C(C)OC(=O)[C@@H](NC(=O)c2ccccc2)C(C)C)cc1C. The molecule has 0 aliphatic carbocycles. The van der Waals surface area contributed by atoms with Crippen LogP contribution in [0, 0.1) is 26.7 Å². The Morgan fingerprint density at radius 3 is 2.03 bits per heavy atom. The molecule has 0 saturated carbocycles. The van der Waals surface area contributed by atoms with Gasteiger partial charge in [0.1, 0.15) is 6.04 Å². The van der Waals surface area contributed by atoms with E-state index < -0.39 is 18.1 Å². The minimum Gasteiger partial charge on any atom is -0.453 e. The molecule has 0 aliphatic heterocycles. The number of rotatable bonds is 7. The van der Waals surface area contributed by atoms with Gasteiger partial charge in [-0.25, -0.2) is 4.79 Å². The lowest BCUT2D eigenvalue weighted by molar-refractivity contribution is -0.149. The van der Waals surface area contributed by atoms with Gasteiger partial charge in [0.15, 0.2) is 6.10 Å². The number of aryl methyl sites for hydroxylation is 3. The zero-order chi connectivity index (χ0) is 21.7. The number of esters is 1. The van der Waals surface area contributed by atoms with Crippen molar-refractivity contribution in [1.29, 1.82) is 0 Å². The van der Waals surface area contributed by atoms with Gasteiger partial charge in [-0.15, -0.1) is 0 Å². The summed E-state index contributed by atoms with van der Waals surface area (Å²) in [6, 6.07) is 11.6. The fourth-order valence-electron chi connectivity index (χ4n) is 3.06. The first-order valence-electron chi connectivity index (χ1n) is 9.80. The Bertz CT molecular complexity index is 903. The number of carbonyl (C=O) groups excluding carboxylic acids is 3. The second kappa shape index (κ2) is 9.50. The Kier molecular flexibility index (Phi) is 7.32. The fourth-order valence-corrected chi connectivity index (χ4v) is 3.06. The summed E-state index contributed by atoms with van der Waals surface area (Å²) in [4.78, 5) is 38.0. The molecule has 2 aromatic carbocycles. The largest absolute Gasteiger partial charge is 0.453 e. The van der Waals surface area contributed by atoms with Crippen LogP contribution in [0.1, 0.15) is 58.2 Å². The van der Waals surface area contributed by atoms with Gasteiger partial charge in [0.25, 0.3) is 5.91 Å². The molecular weight excluding hydrogens is 366 g/mol. The number of ketones is 1. The number of carbonyl (C=O) groups is 3. The molecule has 1 amide bonds. The molecule has 2 aromatic rings. The van der Waals surface area contributed by atoms with Gasteiger partial charge >= 0.3 is 5.97 Å². The van der Waals surface area contributed by atoms with Gasteiger partial charge in [-0.3, -0.25) is 9.59 Å². The van der Waals surface area contributed by atoms with Gasteiger partial charge in [-0.2, -0.15) is 0 Å². The smallest absolute Gasteiger partial charge is 0.329 e. The fraction of sp³-hybridized carbons (Fsp3) is 0.375. The average Bonchev–Trinajstić information content (AvgIpc) is 2.68. The maximum absolute atomic E-state index is 12.8. The number of amides is 1. The number of benzene rings is 2. The van der Waals surface area contributed by atoms with Crippen molar-refractivity contribution >= 4 is 17.7 Å². The van der Waals surface area contributed by atoms with Gasteiger partial charge < -0.3 is 10.1 Å². The molecule has 1 unspecified atom stereocenters. The van der Waals surface area contributed by atoms with Gasteiger partial charge in [0, 0.05) is 11.1 Å². The molecule has 0 aliphatic rings. The van der Waals surface area contributed by atoms with Gasteiger partial charge in [0.05, 0.1) is 0 Å². The minimum atomic E-state index is -0.946. The van der Waals surface area contributed by atoms with Crippen LogP contribution in [0.5, 0.6) is 0 Å². The zero-order valence-corrected chi connectivity index (χ0v) is 17.9. The van der Waals surface area contributed by atoms with E-state index >= 15 is 0 Å². The Morgan fingerprint density at radius 2 is 1.45 bits per heavy atom. The van der Waals surface area contributed by atoms with Crippen LogP contribution in [0.4, 0.5) is 0 Å². The molecular formula is C24H29NO4. The normalized spacial score (nSPS) is 12.9. The van der Waals surface area contributed by atoms with Crippen LogP contribution in [0.25, 0.3) is 0 Å². The highest BCUT2D eigenvalue weighted by Crippen LogP contribution is 2.18. The summed E-state index contributed by atoms with van der Waals surface area (Å²) >= 11 is 0. The Balaban J connectivity index is 2.12. The Morgan fingerprint density at radius 1 is 0.862 bits per heavy atom. The third-order valence-corrected chi connectivity index (χ3v) is 5.01. The van der Waals surface area contributed by atoms with E-state index in [4.69, 9.17) is 4.74 Å². The highest BCUT2D eigenvalue weighted by molar-refractivity contribution is 6.02. The monoisotopic (exact) mass is 395 g/mol. The van der Waals surface area contributed by atoms with Crippen LogP contribution >= 0.6 is 0 Å². The molecule has 0 aromatic heterocycles. The molecule has 2 rings (SSSR count). The molecule has 0 spiro atoms. The molecule has 29 heavy (non-hydrogen) atoms. The van der Waals surface area contributed by atoms with Crippen molar-refractivity contribution in [3.8, 4) is 0 Å². The molecule has 0 radical (unpaired) electrons. The van der Waals surface area contributed by atoms with E-state index in [1.165, 1.54) is 0 Å². The van der Waals surface area contributed by atoms with E-state index in [2.05, 4.69) is 5.32 Å². The van der Waals surface area contributed by atoms with Crippen LogP contribution in [0.15, 0.2) is 42.5 Å². The third-order valence-electron chi connectivity index (χ3n) is 5.01. The number of Topliss-reactive ketones (excluding diaryl/α,β-unsaturated/α-hetero) is 1. The first kappa shape index (κ1) is 22.3. The van der Waals surface area contributed by atoms with E-state index in [9.17, 15) is 14.4 Å². The third kappa shape index (κ3) is 5.53. The Labute approximate surface area is 172 Å². The van der Waals surface area contributed by atoms with Gasteiger partial charge in [-0.1, -0.05) is 38.1 Å². The van der Waals surface area contributed by atoms with Crippen molar-refractivity contribution < 1.29 is 19.1 Å². The number of hydrogen-bond donors (Lipinski definition) is 1. The average molecular weight is 395 g/mol. The summed E-state index contributed by atoms with van der Waals surface area (Å²) in [6.07, 6.45) is -0.946. The first-order chi connectivity index (χ1) is 13.6. The molecule has 1 N–H and O–H groups in total. The Hall–Kier alpha value is -2.95. The van der Waals surface area contributed by atoms with E-state index in [1.54, 1.807) is 31.2 Å². The summed E-state index contributed by atoms with van der Waals surface area (Å²) in [6.45, 7) is 11.0. The van der Waals surface area contributed by atoms with Crippen molar-refractivity contribution in [1.82, 2.24) is 5.32 Å². The number of nitrogens with one attached hydrogen (secondary N) is 1.